The van der Waals surface area contributed by atoms with Crippen molar-refractivity contribution in [3.05, 3.63) is 59.4 Å². The van der Waals surface area contributed by atoms with Gasteiger partial charge in [0, 0.05) is 31.2 Å². The van der Waals surface area contributed by atoms with E-state index in [1.807, 2.05) is 6.92 Å². The summed E-state index contributed by atoms with van der Waals surface area (Å²) in [5, 5.41) is 5.15. The Labute approximate surface area is 211 Å². The van der Waals surface area contributed by atoms with Crippen LogP contribution in [0.25, 0.3) is 0 Å². The largest absolute Gasteiger partial charge is 0.476 e. The normalized spacial score (nSPS) is 17.5. The number of aryl methyl sites for hydroxylation is 1. The van der Waals surface area contributed by atoms with Gasteiger partial charge in [-0.25, -0.2) is 22.7 Å². The molecule has 11 heteroatoms. The highest BCUT2D eigenvalue weighted by Gasteiger charge is 2.36. The standard InChI is InChI=1S/C25H32FN3O6S/c1-16-6-7-18(14-21(16)26)22(34-19-8-10-20(11-9-19)36(27,32)33)23(30)28-12-13-29(17(2)15-28)24(31)35-25(3,4)5/h6-11,14,17,22H,12-13,15H2,1-5H3,(H2,27,32,33)/t17-,22?/m1/s1. The van der Waals surface area contributed by atoms with Crippen LogP contribution in [0.5, 0.6) is 5.75 Å². The molecule has 2 atom stereocenters. The fourth-order valence-electron chi connectivity index (χ4n) is 3.79. The Hall–Kier alpha value is -3.18. The molecule has 3 rings (SSSR count). The molecule has 1 aliphatic heterocycles. The molecule has 0 spiro atoms. The molecule has 1 saturated heterocycles. The fraction of sp³-hybridized carbons (Fsp3) is 0.440. The highest BCUT2D eigenvalue weighted by molar-refractivity contribution is 7.89. The van der Waals surface area contributed by atoms with Crippen molar-refractivity contribution in [3.8, 4) is 5.75 Å². The lowest BCUT2D eigenvalue weighted by Gasteiger charge is -2.41. The summed E-state index contributed by atoms with van der Waals surface area (Å²) in [5.41, 5.74) is 0.0830. The van der Waals surface area contributed by atoms with Gasteiger partial charge in [0.2, 0.25) is 16.1 Å². The van der Waals surface area contributed by atoms with Gasteiger partial charge in [-0.1, -0.05) is 12.1 Å². The van der Waals surface area contributed by atoms with Crippen LogP contribution < -0.4 is 9.88 Å². The van der Waals surface area contributed by atoms with Crippen LogP contribution in [0.1, 0.15) is 44.9 Å². The monoisotopic (exact) mass is 521 g/mol. The Kier molecular flexibility index (Phi) is 7.94. The van der Waals surface area contributed by atoms with Crippen molar-refractivity contribution in [3.63, 3.8) is 0 Å². The molecule has 2 amide bonds. The molecule has 1 unspecified atom stereocenters. The number of nitrogens with zero attached hydrogens (tertiary/aromatic N) is 2. The van der Waals surface area contributed by atoms with Gasteiger partial charge in [0.1, 0.15) is 17.2 Å². The Morgan fingerprint density at radius 1 is 1.11 bits per heavy atom. The van der Waals surface area contributed by atoms with E-state index in [1.54, 1.807) is 49.6 Å². The highest BCUT2D eigenvalue weighted by Crippen LogP contribution is 2.28. The van der Waals surface area contributed by atoms with Gasteiger partial charge in [0.05, 0.1) is 4.90 Å². The van der Waals surface area contributed by atoms with Crippen LogP contribution in [0.3, 0.4) is 0 Å². The van der Waals surface area contributed by atoms with Crippen LogP contribution in [-0.2, 0) is 19.6 Å². The number of halogens is 1. The van der Waals surface area contributed by atoms with Gasteiger partial charge < -0.3 is 19.3 Å². The number of amides is 2. The van der Waals surface area contributed by atoms with E-state index in [0.717, 1.165) is 0 Å². The Morgan fingerprint density at radius 3 is 2.28 bits per heavy atom. The van der Waals surface area contributed by atoms with Crippen LogP contribution in [0, 0.1) is 12.7 Å². The number of benzene rings is 2. The molecule has 9 nitrogen and oxygen atoms in total. The first-order valence-electron chi connectivity index (χ1n) is 11.5. The molecule has 1 fully saturated rings. The van der Waals surface area contributed by atoms with Crippen molar-refractivity contribution in [2.24, 2.45) is 5.14 Å². The minimum absolute atomic E-state index is 0.105. The zero-order chi connectivity index (χ0) is 26.8. The second-order valence-electron chi connectivity index (χ2n) is 9.83. The number of sulfonamides is 1. The summed E-state index contributed by atoms with van der Waals surface area (Å²) >= 11 is 0. The van der Waals surface area contributed by atoms with Crippen molar-refractivity contribution in [1.82, 2.24) is 9.80 Å². The topological polar surface area (TPSA) is 119 Å². The van der Waals surface area contributed by atoms with Crippen LogP contribution in [0.2, 0.25) is 0 Å². The quantitative estimate of drug-likeness (QED) is 0.644. The van der Waals surface area contributed by atoms with E-state index in [-0.39, 0.29) is 36.3 Å². The maximum Gasteiger partial charge on any atom is 0.410 e. The van der Waals surface area contributed by atoms with Gasteiger partial charge in [-0.05, 0) is 70.5 Å². The maximum atomic E-state index is 14.4. The van der Waals surface area contributed by atoms with Gasteiger partial charge >= 0.3 is 6.09 Å². The first-order valence-corrected chi connectivity index (χ1v) is 13.0. The molecule has 0 aliphatic carbocycles. The molecule has 1 heterocycles. The third-order valence-electron chi connectivity index (χ3n) is 5.70. The SMILES string of the molecule is Cc1ccc(C(Oc2ccc(S(N)(=O)=O)cc2)C(=O)N2CCN(C(=O)OC(C)(C)C)[C@H](C)C2)cc1F. The molecule has 1 aliphatic rings. The van der Waals surface area contributed by atoms with E-state index in [9.17, 15) is 22.4 Å². The average molecular weight is 522 g/mol. The van der Waals surface area contributed by atoms with Crippen molar-refractivity contribution < 1.29 is 31.9 Å². The Morgan fingerprint density at radius 2 is 1.75 bits per heavy atom. The molecule has 0 radical (unpaired) electrons. The van der Waals surface area contributed by atoms with Crippen molar-refractivity contribution in [1.29, 1.82) is 0 Å². The summed E-state index contributed by atoms with van der Waals surface area (Å²) in [5.74, 6) is -0.687. The first kappa shape index (κ1) is 27.4. The lowest BCUT2D eigenvalue weighted by molar-refractivity contribution is -0.142. The van der Waals surface area contributed by atoms with Crippen LogP contribution in [0.4, 0.5) is 9.18 Å². The molecule has 2 aromatic rings. The Balaban J connectivity index is 1.84. The summed E-state index contributed by atoms with van der Waals surface area (Å²) in [6, 6.07) is 9.40. The number of rotatable bonds is 5. The molecule has 36 heavy (non-hydrogen) atoms. The van der Waals surface area contributed by atoms with E-state index in [2.05, 4.69) is 0 Å². The summed E-state index contributed by atoms with van der Waals surface area (Å²) in [4.78, 5) is 29.2. The number of nitrogens with two attached hydrogens (primary N) is 1. The van der Waals surface area contributed by atoms with Crippen molar-refractivity contribution in [2.75, 3.05) is 19.6 Å². The average Bonchev–Trinajstić information content (AvgIpc) is 2.77. The van der Waals surface area contributed by atoms with Crippen molar-refractivity contribution >= 4 is 22.0 Å². The highest BCUT2D eigenvalue weighted by atomic mass is 32.2. The summed E-state index contributed by atoms with van der Waals surface area (Å²) < 4.78 is 48.9. The molecule has 0 bridgehead atoms. The lowest BCUT2D eigenvalue weighted by atomic mass is 10.0. The number of ether oxygens (including phenoxy) is 2. The smallest absolute Gasteiger partial charge is 0.410 e. The maximum absolute atomic E-state index is 14.4. The second-order valence-corrected chi connectivity index (χ2v) is 11.4. The third-order valence-corrected chi connectivity index (χ3v) is 6.63. The molecular weight excluding hydrogens is 489 g/mol. The lowest BCUT2D eigenvalue weighted by Crippen LogP contribution is -2.57. The van der Waals surface area contributed by atoms with E-state index in [1.165, 1.54) is 30.3 Å². The zero-order valence-electron chi connectivity index (χ0n) is 21.0. The van der Waals surface area contributed by atoms with E-state index in [0.29, 0.717) is 11.1 Å². The molecule has 2 N–H and O–H groups in total. The third kappa shape index (κ3) is 6.73. The van der Waals surface area contributed by atoms with Gasteiger partial charge in [-0.2, -0.15) is 0 Å². The van der Waals surface area contributed by atoms with Crippen LogP contribution >= 0.6 is 0 Å². The fourth-order valence-corrected chi connectivity index (χ4v) is 4.31. The van der Waals surface area contributed by atoms with E-state index in [4.69, 9.17) is 14.6 Å². The minimum atomic E-state index is -3.90. The molecule has 0 aromatic heterocycles. The van der Waals surface area contributed by atoms with Crippen LogP contribution in [0.15, 0.2) is 47.4 Å². The van der Waals surface area contributed by atoms with Gasteiger partial charge in [-0.3, -0.25) is 4.79 Å². The number of primary sulfonamides is 1. The number of carbonyl (C=O) groups is 2. The molecule has 2 aromatic carbocycles. The predicted octanol–water partition coefficient (Wildman–Crippen LogP) is 3.37. The van der Waals surface area contributed by atoms with Gasteiger partial charge in [0.15, 0.2) is 0 Å². The molecule has 0 saturated carbocycles. The summed E-state index contributed by atoms with van der Waals surface area (Å²) in [7, 11) is -3.90. The van der Waals surface area contributed by atoms with E-state index >= 15 is 0 Å². The van der Waals surface area contributed by atoms with Gasteiger partial charge in [-0.15, -0.1) is 0 Å². The summed E-state index contributed by atoms with van der Waals surface area (Å²) in [6.45, 7) is 9.52. The number of piperazine rings is 1. The van der Waals surface area contributed by atoms with Crippen LogP contribution in [-0.4, -0.2) is 61.5 Å². The Bertz CT molecular complexity index is 1230. The minimum Gasteiger partial charge on any atom is -0.476 e. The second kappa shape index (κ2) is 10.4. The number of carbonyl (C=O) groups excluding carboxylic acids is 2. The first-order chi connectivity index (χ1) is 16.7. The zero-order valence-corrected chi connectivity index (χ0v) is 21.8. The number of hydrogen-bond donors (Lipinski definition) is 1. The van der Waals surface area contributed by atoms with Gasteiger partial charge in [0.25, 0.3) is 5.91 Å². The molecule has 196 valence electrons. The van der Waals surface area contributed by atoms with E-state index < -0.39 is 39.5 Å². The predicted molar refractivity (Wildman–Crippen MR) is 131 cm³/mol. The summed E-state index contributed by atoms with van der Waals surface area (Å²) in [6.07, 6.45) is -1.65. The number of hydrogen-bond acceptors (Lipinski definition) is 6. The molecular formula is C25H32FN3O6S. The van der Waals surface area contributed by atoms with Crippen molar-refractivity contribution in [2.45, 2.75) is 57.3 Å².